The molecule has 29 heavy (non-hydrogen) atoms. The minimum atomic E-state index is 1.12. The smallest absolute Gasteiger partial charge is 0.0732 e. The summed E-state index contributed by atoms with van der Waals surface area (Å²) < 4.78 is 2.05. The third kappa shape index (κ3) is 2.54. The normalized spacial score (nSPS) is 12.0. The van der Waals surface area contributed by atoms with Crippen LogP contribution in [0.5, 0.6) is 0 Å². The molecule has 0 atom stereocenters. The van der Waals surface area contributed by atoms with Gasteiger partial charge in [0.05, 0.1) is 17.2 Å². The van der Waals surface area contributed by atoms with Crippen LogP contribution in [0.2, 0.25) is 0 Å². The number of benzene rings is 5. The molecule has 2 heteroatoms. The van der Waals surface area contributed by atoms with Crippen LogP contribution in [0.3, 0.4) is 0 Å². The molecule has 0 saturated heterocycles. The lowest BCUT2D eigenvalue weighted by molar-refractivity contribution is 0.975. The molecule has 6 rings (SSSR count). The predicted molar refractivity (Wildman–Crippen MR) is 124 cm³/mol. The van der Waals surface area contributed by atoms with E-state index in [0.717, 1.165) is 16.6 Å². The summed E-state index contributed by atoms with van der Waals surface area (Å²) in [6.07, 6.45) is 1.98. The van der Waals surface area contributed by atoms with Crippen molar-refractivity contribution in [3.63, 3.8) is 0 Å². The van der Waals surface area contributed by atoms with Crippen molar-refractivity contribution in [3.8, 4) is 0 Å². The van der Waals surface area contributed by atoms with E-state index in [4.69, 9.17) is 5.10 Å². The fourth-order valence-corrected chi connectivity index (χ4v) is 4.25. The zero-order chi connectivity index (χ0) is 19.2. The van der Waals surface area contributed by atoms with Gasteiger partial charge in [-0.3, -0.25) is 0 Å². The molecule has 0 radical (unpaired) electrons. The highest BCUT2D eigenvalue weighted by molar-refractivity contribution is 6.09. The zero-order valence-corrected chi connectivity index (χ0v) is 15.8. The highest BCUT2D eigenvalue weighted by Crippen LogP contribution is 2.29. The summed E-state index contributed by atoms with van der Waals surface area (Å²) in [6.45, 7) is 0. The van der Waals surface area contributed by atoms with Crippen LogP contribution in [-0.4, -0.2) is 10.9 Å². The molecule has 0 spiro atoms. The molecular formula is C27H18N2. The molecule has 5 aromatic carbocycles. The molecule has 0 unspecified atom stereocenters. The van der Waals surface area contributed by atoms with Crippen molar-refractivity contribution in [3.05, 3.63) is 109 Å². The summed E-state index contributed by atoms with van der Waals surface area (Å²) in [5, 5.41) is 12.3. The van der Waals surface area contributed by atoms with E-state index in [1.807, 2.05) is 10.9 Å². The second kappa shape index (κ2) is 6.32. The van der Waals surface area contributed by atoms with Crippen LogP contribution in [-0.2, 0) is 0 Å². The molecule has 0 saturated carbocycles. The van der Waals surface area contributed by atoms with E-state index in [-0.39, 0.29) is 0 Å². The molecule has 0 fully saturated rings. The maximum Gasteiger partial charge on any atom is 0.0732 e. The number of nitrogens with zero attached hydrogens (tertiary/aromatic N) is 2. The first kappa shape index (κ1) is 16.1. The molecule has 0 aliphatic carbocycles. The molecule has 6 aromatic rings. The van der Waals surface area contributed by atoms with Crippen molar-refractivity contribution < 1.29 is 0 Å². The van der Waals surface area contributed by atoms with E-state index >= 15 is 0 Å². The van der Waals surface area contributed by atoms with E-state index in [1.54, 1.807) is 0 Å². The summed E-state index contributed by atoms with van der Waals surface area (Å²) in [7, 11) is 0. The van der Waals surface area contributed by atoms with Crippen molar-refractivity contribution in [2.24, 2.45) is 5.10 Å². The van der Waals surface area contributed by atoms with E-state index in [1.165, 1.54) is 32.3 Å². The summed E-state index contributed by atoms with van der Waals surface area (Å²) in [6, 6.07) is 36.3. The molecule has 136 valence electrons. The average molecular weight is 370 g/mol. The van der Waals surface area contributed by atoms with Crippen LogP contribution in [0, 0.1) is 0 Å². The number of hydrogen-bond donors (Lipinski definition) is 0. The Bertz CT molecular complexity index is 1500. The minimum absolute atomic E-state index is 1.12. The molecule has 0 bridgehead atoms. The van der Waals surface area contributed by atoms with E-state index < -0.39 is 0 Å². The van der Waals surface area contributed by atoms with Crippen molar-refractivity contribution in [2.45, 2.75) is 0 Å². The summed E-state index contributed by atoms with van der Waals surface area (Å²) in [5.74, 6) is 0. The second-order valence-corrected chi connectivity index (χ2v) is 7.36. The zero-order valence-electron chi connectivity index (χ0n) is 15.8. The lowest BCUT2D eigenvalue weighted by Crippen LogP contribution is -1.92. The Morgan fingerprint density at radius 1 is 0.517 bits per heavy atom. The summed E-state index contributed by atoms with van der Waals surface area (Å²) >= 11 is 0. The maximum atomic E-state index is 4.91. The monoisotopic (exact) mass is 370 g/mol. The summed E-state index contributed by atoms with van der Waals surface area (Å²) in [4.78, 5) is 0. The number of aromatic nitrogens is 1. The van der Waals surface area contributed by atoms with Crippen molar-refractivity contribution in [2.75, 3.05) is 0 Å². The van der Waals surface area contributed by atoms with Gasteiger partial charge in [-0.05, 0) is 45.8 Å². The van der Waals surface area contributed by atoms with Crippen LogP contribution in [0.1, 0.15) is 5.56 Å². The molecule has 1 aromatic heterocycles. The third-order valence-corrected chi connectivity index (χ3v) is 5.65. The largest absolute Gasteiger partial charge is 0.232 e. The Morgan fingerprint density at radius 3 is 1.83 bits per heavy atom. The van der Waals surface area contributed by atoms with Crippen LogP contribution in [0.15, 0.2) is 108 Å². The Kier molecular flexibility index (Phi) is 3.50. The maximum absolute atomic E-state index is 4.91. The highest BCUT2D eigenvalue weighted by atomic mass is 15.3. The van der Waals surface area contributed by atoms with Crippen LogP contribution < -0.4 is 0 Å². The predicted octanol–water partition coefficient (Wildman–Crippen LogP) is 6.98. The Morgan fingerprint density at radius 2 is 1.10 bits per heavy atom. The van der Waals surface area contributed by atoms with Gasteiger partial charge in [-0.1, -0.05) is 78.9 Å². The van der Waals surface area contributed by atoms with Gasteiger partial charge in [0, 0.05) is 16.3 Å². The number of hydrogen-bond acceptors (Lipinski definition) is 1. The Labute approximate surface area is 168 Å². The van der Waals surface area contributed by atoms with E-state index in [2.05, 4.69) is 103 Å². The van der Waals surface area contributed by atoms with Crippen LogP contribution in [0.4, 0.5) is 0 Å². The molecule has 0 aliphatic rings. The molecule has 0 aliphatic heterocycles. The number of fused-ring (bicyclic) bond motifs is 5. The SMILES string of the molecule is C(=N\n1c2ccccc2c2ccccc21)/c1cccc2cc3ccccc3cc12. The summed E-state index contributed by atoms with van der Waals surface area (Å²) in [5.41, 5.74) is 3.36. The first-order chi connectivity index (χ1) is 14.4. The fraction of sp³-hybridized carbons (Fsp3) is 0. The topological polar surface area (TPSA) is 17.3 Å². The molecule has 2 nitrogen and oxygen atoms in total. The van der Waals surface area contributed by atoms with Crippen molar-refractivity contribution in [1.29, 1.82) is 0 Å². The Balaban J connectivity index is 1.57. The van der Waals surface area contributed by atoms with Gasteiger partial charge in [0.2, 0.25) is 0 Å². The van der Waals surface area contributed by atoms with E-state index in [9.17, 15) is 0 Å². The van der Waals surface area contributed by atoms with Crippen LogP contribution >= 0.6 is 0 Å². The lowest BCUT2D eigenvalue weighted by Gasteiger charge is -2.06. The molecule has 1 heterocycles. The molecular weight excluding hydrogens is 352 g/mol. The first-order valence-corrected chi connectivity index (χ1v) is 9.82. The van der Waals surface area contributed by atoms with Gasteiger partial charge in [0.25, 0.3) is 0 Å². The lowest BCUT2D eigenvalue weighted by atomic mass is 10.0. The number of para-hydroxylation sites is 2. The minimum Gasteiger partial charge on any atom is -0.232 e. The van der Waals surface area contributed by atoms with Crippen molar-refractivity contribution >= 4 is 49.6 Å². The first-order valence-electron chi connectivity index (χ1n) is 9.82. The van der Waals surface area contributed by atoms with Gasteiger partial charge in [-0.15, -0.1) is 0 Å². The quantitative estimate of drug-likeness (QED) is 0.231. The Hall–Kier alpha value is -3.91. The van der Waals surface area contributed by atoms with Gasteiger partial charge >= 0.3 is 0 Å². The fourth-order valence-electron chi connectivity index (χ4n) is 4.25. The molecule has 0 N–H and O–H groups in total. The van der Waals surface area contributed by atoms with Gasteiger partial charge < -0.3 is 0 Å². The van der Waals surface area contributed by atoms with Gasteiger partial charge in [0.15, 0.2) is 0 Å². The highest BCUT2D eigenvalue weighted by Gasteiger charge is 2.08. The van der Waals surface area contributed by atoms with E-state index in [0.29, 0.717) is 0 Å². The average Bonchev–Trinajstić information content (AvgIpc) is 3.10. The van der Waals surface area contributed by atoms with Crippen molar-refractivity contribution in [1.82, 2.24) is 4.68 Å². The molecule has 0 amide bonds. The standard InChI is InChI=1S/C27H18N2/c1-2-9-20-17-25-21(16-19(20)8-1)10-7-11-22(25)18-28-29-26-14-5-3-12-23(26)24-13-4-6-15-27(24)29/h1-18H/b28-18+. The van der Waals surface area contributed by atoms with Crippen LogP contribution in [0.25, 0.3) is 43.4 Å². The number of rotatable bonds is 2. The third-order valence-electron chi connectivity index (χ3n) is 5.65. The van der Waals surface area contributed by atoms with Gasteiger partial charge in [-0.25, -0.2) is 4.68 Å². The van der Waals surface area contributed by atoms with Gasteiger partial charge in [-0.2, -0.15) is 5.10 Å². The van der Waals surface area contributed by atoms with Gasteiger partial charge in [0.1, 0.15) is 0 Å². The second-order valence-electron chi connectivity index (χ2n) is 7.36.